The number of pyridine rings is 1. The van der Waals surface area contributed by atoms with Crippen molar-refractivity contribution in [2.75, 3.05) is 64.5 Å². The molecule has 4 rings (SSSR count). The number of rotatable bonds is 17. The second-order valence-corrected chi connectivity index (χ2v) is 9.99. The Balaban J connectivity index is 1.27. The first-order valence-electron chi connectivity index (χ1n) is 14.1. The number of anilines is 2. The van der Waals surface area contributed by atoms with Crippen LogP contribution in [-0.4, -0.2) is 59.7 Å². The molecule has 8 heteroatoms. The third-order valence-corrected chi connectivity index (χ3v) is 6.62. The number of methoxy groups -OCH3 is 2. The molecule has 0 amide bonds. The lowest BCUT2D eigenvalue weighted by Crippen LogP contribution is -2.23. The molecular weight excluding hydrogens is 530 g/mol. The molecule has 1 heterocycles. The summed E-state index contributed by atoms with van der Waals surface area (Å²) in [5, 5.41) is 0. The fraction of sp³-hybridized carbons (Fsp3) is 0.324. The molecule has 8 nitrogen and oxygen atoms in total. The molecule has 0 fully saturated rings. The molecule has 0 bridgehead atoms. The van der Waals surface area contributed by atoms with Crippen LogP contribution in [0.3, 0.4) is 0 Å². The predicted molar refractivity (Wildman–Crippen MR) is 167 cm³/mol. The van der Waals surface area contributed by atoms with Gasteiger partial charge >= 0.3 is 0 Å². The summed E-state index contributed by atoms with van der Waals surface area (Å²) in [7, 11) is 7.44. The van der Waals surface area contributed by atoms with Crippen molar-refractivity contribution in [3.8, 4) is 17.2 Å². The molecule has 0 N–H and O–H groups in total. The highest BCUT2D eigenvalue weighted by molar-refractivity contribution is 5.49. The molecule has 1 aromatic heterocycles. The van der Waals surface area contributed by atoms with Crippen molar-refractivity contribution >= 4 is 11.5 Å². The van der Waals surface area contributed by atoms with E-state index in [2.05, 4.69) is 72.4 Å². The standard InChI is InChI=1S/C34H41N3O5/c1-36(2)30-10-5-8-27(20-30)24-37(25-28-9-6-11-31(21-28)38-3)34-15-14-29(23-35-34)26-41-17-16-40-18-19-42-33-13-7-12-32(22-33)39-4/h5-15,20-23H,16-19,24-26H2,1-4H3. The zero-order valence-electron chi connectivity index (χ0n) is 25.0. The molecule has 0 radical (unpaired) electrons. The van der Waals surface area contributed by atoms with Crippen molar-refractivity contribution in [3.63, 3.8) is 0 Å². The third-order valence-electron chi connectivity index (χ3n) is 6.62. The molecule has 0 spiro atoms. The Kier molecular flexibility index (Phi) is 11.9. The van der Waals surface area contributed by atoms with Crippen molar-refractivity contribution in [3.05, 3.63) is 108 Å². The fourth-order valence-electron chi connectivity index (χ4n) is 4.37. The molecule has 0 saturated heterocycles. The molecule has 0 atom stereocenters. The Hall–Kier alpha value is -4.27. The molecule has 0 unspecified atom stereocenters. The monoisotopic (exact) mass is 571 g/mol. The lowest BCUT2D eigenvalue weighted by molar-refractivity contribution is 0.0303. The van der Waals surface area contributed by atoms with E-state index < -0.39 is 0 Å². The summed E-state index contributed by atoms with van der Waals surface area (Å²) in [5.41, 5.74) is 4.55. The first-order valence-corrected chi connectivity index (χ1v) is 14.1. The zero-order valence-corrected chi connectivity index (χ0v) is 25.0. The lowest BCUT2D eigenvalue weighted by atomic mass is 10.1. The zero-order chi connectivity index (χ0) is 29.6. The highest BCUT2D eigenvalue weighted by Crippen LogP contribution is 2.23. The van der Waals surface area contributed by atoms with E-state index in [-0.39, 0.29) is 0 Å². The van der Waals surface area contributed by atoms with Crippen LogP contribution in [-0.2, 0) is 29.2 Å². The normalized spacial score (nSPS) is 10.8. The predicted octanol–water partition coefficient (Wildman–Crippen LogP) is 5.98. The molecule has 42 heavy (non-hydrogen) atoms. The van der Waals surface area contributed by atoms with Crippen LogP contribution >= 0.6 is 0 Å². The van der Waals surface area contributed by atoms with Gasteiger partial charge in [-0.25, -0.2) is 4.98 Å². The highest BCUT2D eigenvalue weighted by atomic mass is 16.5. The summed E-state index contributed by atoms with van der Waals surface area (Å²) in [6.45, 7) is 3.82. The van der Waals surface area contributed by atoms with Crippen LogP contribution < -0.4 is 24.0 Å². The van der Waals surface area contributed by atoms with Gasteiger partial charge in [-0.05, 0) is 59.2 Å². The van der Waals surface area contributed by atoms with Gasteiger partial charge in [-0.15, -0.1) is 0 Å². The molecular formula is C34H41N3O5. The van der Waals surface area contributed by atoms with Crippen LogP contribution in [0.25, 0.3) is 0 Å². The van der Waals surface area contributed by atoms with Crippen molar-refractivity contribution in [1.29, 1.82) is 0 Å². The highest BCUT2D eigenvalue weighted by Gasteiger charge is 2.12. The summed E-state index contributed by atoms with van der Waals surface area (Å²) in [4.78, 5) is 9.19. The summed E-state index contributed by atoms with van der Waals surface area (Å²) >= 11 is 0. The smallest absolute Gasteiger partial charge is 0.129 e. The van der Waals surface area contributed by atoms with Crippen molar-refractivity contribution in [2.45, 2.75) is 19.7 Å². The van der Waals surface area contributed by atoms with Gasteiger partial charge in [0.1, 0.15) is 29.7 Å². The van der Waals surface area contributed by atoms with E-state index in [9.17, 15) is 0 Å². The number of ether oxygens (including phenoxy) is 5. The number of hydrogen-bond acceptors (Lipinski definition) is 8. The van der Waals surface area contributed by atoms with Crippen molar-refractivity contribution in [2.24, 2.45) is 0 Å². The van der Waals surface area contributed by atoms with Crippen molar-refractivity contribution in [1.82, 2.24) is 4.98 Å². The van der Waals surface area contributed by atoms with Gasteiger partial charge in [0.25, 0.3) is 0 Å². The van der Waals surface area contributed by atoms with Crippen LogP contribution in [0.1, 0.15) is 16.7 Å². The summed E-state index contributed by atoms with van der Waals surface area (Å²) in [5.74, 6) is 3.27. The van der Waals surface area contributed by atoms with Crippen molar-refractivity contribution < 1.29 is 23.7 Å². The van der Waals surface area contributed by atoms with E-state index in [0.29, 0.717) is 39.6 Å². The van der Waals surface area contributed by atoms with E-state index in [0.717, 1.165) is 40.7 Å². The minimum Gasteiger partial charge on any atom is -0.497 e. The SMILES string of the molecule is COc1cccc(CN(Cc2cccc(N(C)C)c2)c2ccc(COCCOCCOc3cccc(OC)c3)cn2)c1. The number of aromatic nitrogens is 1. The van der Waals surface area contributed by atoms with Gasteiger partial charge in [-0.1, -0.05) is 36.4 Å². The van der Waals surface area contributed by atoms with Gasteiger partial charge in [0.15, 0.2) is 0 Å². The number of nitrogens with zero attached hydrogens (tertiary/aromatic N) is 3. The van der Waals surface area contributed by atoms with E-state index >= 15 is 0 Å². The second kappa shape index (κ2) is 16.2. The average molecular weight is 572 g/mol. The maximum atomic E-state index is 5.81. The average Bonchev–Trinajstić information content (AvgIpc) is 3.02. The first-order chi connectivity index (χ1) is 20.5. The van der Waals surface area contributed by atoms with Crippen LogP contribution in [0, 0.1) is 0 Å². The lowest BCUT2D eigenvalue weighted by Gasteiger charge is -2.25. The van der Waals surface area contributed by atoms with Crippen LogP contribution in [0.2, 0.25) is 0 Å². The fourth-order valence-corrected chi connectivity index (χ4v) is 4.37. The van der Waals surface area contributed by atoms with Gasteiger partial charge in [0.05, 0.1) is 40.6 Å². The summed E-state index contributed by atoms with van der Waals surface area (Å²) in [6, 6.07) is 28.4. The topological polar surface area (TPSA) is 65.5 Å². The third kappa shape index (κ3) is 9.68. The van der Waals surface area contributed by atoms with E-state index in [1.165, 1.54) is 11.3 Å². The maximum absolute atomic E-state index is 5.81. The second-order valence-electron chi connectivity index (χ2n) is 9.99. The van der Waals surface area contributed by atoms with Gasteiger partial charge in [-0.3, -0.25) is 0 Å². The van der Waals surface area contributed by atoms with Crippen LogP contribution in [0.15, 0.2) is 91.1 Å². The van der Waals surface area contributed by atoms with E-state index in [1.54, 1.807) is 14.2 Å². The molecule has 0 saturated carbocycles. The quantitative estimate of drug-likeness (QED) is 0.143. The van der Waals surface area contributed by atoms with Gasteiger partial charge in [-0.2, -0.15) is 0 Å². The van der Waals surface area contributed by atoms with Crippen LogP contribution in [0.4, 0.5) is 11.5 Å². The van der Waals surface area contributed by atoms with Gasteiger partial charge < -0.3 is 33.5 Å². The molecule has 222 valence electrons. The largest absolute Gasteiger partial charge is 0.497 e. The molecule has 0 aliphatic heterocycles. The Morgan fingerprint density at radius 2 is 1.26 bits per heavy atom. The Bertz CT molecular complexity index is 1360. The Morgan fingerprint density at radius 1 is 0.619 bits per heavy atom. The summed E-state index contributed by atoms with van der Waals surface area (Å²) in [6.07, 6.45) is 1.88. The maximum Gasteiger partial charge on any atom is 0.129 e. The Morgan fingerprint density at radius 3 is 1.98 bits per heavy atom. The molecule has 4 aromatic rings. The Labute approximate surface area is 249 Å². The molecule has 0 aliphatic rings. The minimum atomic E-state index is 0.463. The van der Waals surface area contributed by atoms with Gasteiger partial charge in [0.2, 0.25) is 0 Å². The molecule has 3 aromatic carbocycles. The van der Waals surface area contributed by atoms with E-state index in [1.807, 2.05) is 42.6 Å². The first kappa shape index (κ1) is 30.7. The van der Waals surface area contributed by atoms with E-state index in [4.69, 9.17) is 28.7 Å². The van der Waals surface area contributed by atoms with Crippen LogP contribution in [0.5, 0.6) is 17.2 Å². The molecule has 0 aliphatic carbocycles. The number of benzene rings is 3. The number of hydrogen-bond donors (Lipinski definition) is 0. The van der Waals surface area contributed by atoms with Gasteiger partial charge in [0, 0.05) is 45.1 Å². The minimum absolute atomic E-state index is 0.463. The summed E-state index contributed by atoms with van der Waals surface area (Å²) < 4.78 is 27.8.